The van der Waals surface area contributed by atoms with Gasteiger partial charge in [0.1, 0.15) is 0 Å². The monoisotopic (exact) mass is 226 g/mol. The summed E-state index contributed by atoms with van der Waals surface area (Å²) in [6.07, 6.45) is 0.367. The average Bonchev–Trinajstić information content (AvgIpc) is 2.94. The second-order valence-electron chi connectivity index (χ2n) is 3.45. The van der Waals surface area contributed by atoms with Crippen molar-refractivity contribution in [3.63, 3.8) is 0 Å². The molecule has 1 fully saturated rings. The van der Waals surface area contributed by atoms with Crippen molar-refractivity contribution < 1.29 is 19.4 Å². The molecule has 16 heavy (non-hydrogen) atoms. The molecule has 0 bridgehead atoms. The van der Waals surface area contributed by atoms with Gasteiger partial charge in [-0.25, -0.2) is 5.10 Å². The summed E-state index contributed by atoms with van der Waals surface area (Å²) in [4.78, 5) is 25.8. The number of aromatic amines is 1. The van der Waals surface area contributed by atoms with E-state index in [0.717, 1.165) is 0 Å². The maximum atomic E-state index is 11.5. The SMILES string of the molecule is COc1n[nH]c(NC(=O)C2CC2C(=O)O)n1. The molecular weight excluding hydrogens is 216 g/mol. The molecule has 0 aliphatic heterocycles. The molecule has 0 radical (unpaired) electrons. The van der Waals surface area contributed by atoms with Gasteiger partial charge in [0, 0.05) is 0 Å². The molecule has 0 spiro atoms. The van der Waals surface area contributed by atoms with Crippen molar-refractivity contribution >= 4 is 17.8 Å². The molecule has 0 saturated heterocycles. The van der Waals surface area contributed by atoms with Gasteiger partial charge in [0.25, 0.3) is 0 Å². The lowest BCUT2D eigenvalue weighted by Gasteiger charge is -1.98. The number of carboxylic acids is 1. The van der Waals surface area contributed by atoms with Crippen molar-refractivity contribution in [3.05, 3.63) is 0 Å². The molecule has 1 amide bonds. The number of aromatic nitrogens is 3. The van der Waals surface area contributed by atoms with Crippen LogP contribution < -0.4 is 10.1 Å². The van der Waals surface area contributed by atoms with E-state index >= 15 is 0 Å². The highest BCUT2D eigenvalue weighted by atomic mass is 16.5. The number of hydrogen-bond acceptors (Lipinski definition) is 5. The van der Waals surface area contributed by atoms with Gasteiger partial charge < -0.3 is 9.84 Å². The number of carboxylic acid groups (broad SMARTS) is 1. The number of hydrogen-bond donors (Lipinski definition) is 3. The second kappa shape index (κ2) is 3.80. The summed E-state index contributed by atoms with van der Waals surface area (Å²) in [5.41, 5.74) is 0. The predicted octanol–water partition coefficient (Wildman–Crippen LogP) is -0.528. The zero-order valence-electron chi connectivity index (χ0n) is 8.43. The minimum Gasteiger partial charge on any atom is -0.481 e. The van der Waals surface area contributed by atoms with E-state index in [1.165, 1.54) is 7.11 Å². The largest absolute Gasteiger partial charge is 0.481 e. The lowest BCUT2D eigenvalue weighted by molar-refractivity contribution is -0.139. The van der Waals surface area contributed by atoms with Crippen LogP contribution in [0.3, 0.4) is 0 Å². The number of carbonyl (C=O) groups excluding carboxylic acids is 1. The fourth-order valence-corrected chi connectivity index (χ4v) is 1.36. The van der Waals surface area contributed by atoms with Crippen molar-refractivity contribution in [1.82, 2.24) is 15.2 Å². The number of nitrogens with zero attached hydrogens (tertiary/aromatic N) is 2. The summed E-state index contributed by atoms with van der Waals surface area (Å²) in [6.45, 7) is 0. The minimum atomic E-state index is -0.949. The standard InChI is InChI=1S/C8H10N4O4/c1-16-8-10-7(11-12-8)9-5(13)3-2-4(3)6(14)15/h3-4H,2H2,1H3,(H,14,15)(H2,9,10,11,12,13). The van der Waals surface area contributed by atoms with E-state index in [4.69, 9.17) is 9.84 Å². The maximum Gasteiger partial charge on any atom is 0.336 e. The van der Waals surface area contributed by atoms with E-state index in [9.17, 15) is 9.59 Å². The number of aliphatic carboxylic acids is 1. The molecule has 3 N–H and O–H groups in total. The average molecular weight is 226 g/mol. The van der Waals surface area contributed by atoms with Crippen LogP contribution in [0.4, 0.5) is 5.95 Å². The Hall–Kier alpha value is -2.12. The number of amides is 1. The Morgan fingerprint density at radius 2 is 2.31 bits per heavy atom. The quantitative estimate of drug-likeness (QED) is 0.635. The van der Waals surface area contributed by atoms with E-state index in [1.54, 1.807) is 0 Å². The van der Waals surface area contributed by atoms with Crippen LogP contribution in [-0.2, 0) is 9.59 Å². The Labute approximate surface area is 90.0 Å². The van der Waals surface area contributed by atoms with E-state index in [1.807, 2.05) is 0 Å². The Bertz CT molecular complexity index is 429. The van der Waals surface area contributed by atoms with Gasteiger partial charge in [-0.3, -0.25) is 14.9 Å². The predicted molar refractivity (Wildman–Crippen MR) is 50.8 cm³/mol. The third-order valence-electron chi connectivity index (χ3n) is 2.33. The fraction of sp³-hybridized carbons (Fsp3) is 0.500. The molecule has 0 aromatic carbocycles. The van der Waals surface area contributed by atoms with Gasteiger partial charge in [-0.2, -0.15) is 4.98 Å². The highest BCUT2D eigenvalue weighted by Gasteiger charge is 2.48. The van der Waals surface area contributed by atoms with Crippen molar-refractivity contribution in [2.75, 3.05) is 12.4 Å². The Balaban J connectivity index is 1.91. The molecular formula is C8H10N4O4. The van der Waals surface area contributed by atoms with Gasteiger partial charge >= 0.3 is 12.0 Å². The number of ether oxygens (including phenoxy) is 1. The van der Waals surface area contributed by atoms with E-state index in [-0.39, 0.29) is 17.9 Å². The molecule has 2 unspecified atom stereocenters. The van der Waals surface area contributed by atoms with Gasteiger partial charge in [0.2, 0.25) is 11.9 Å². The molecule has 8 nitrogen and oxygen atoms in total. The summed E-state index contributed by atoms with van der Waals surface area (Å²) >= 11 is 0. The maximum absolute atomic E-state index is 11.5. The zero-order valence-corrected chi connectivity index (χ0v) is 8.43. The Morgan fingerprint density at radius 3 is 2.81 bits per heavy atom. The highest BCUT2D eigenvalue weighted by molar-refractivity contribution is 5.97. The van der Waals surface area contributed by atoms with Crippen molar-refractivity contribution in [2.24, 2.45) is 11.8 Å². The van der Waals surface area contributed by atoms with Crippen LogP contribution in [0.5, 0.6) is 6.01 Å². The molecule has 1 aromatic heterocycles. The molecule has 1 saturated carbocycles. The van der Waals surface area contributed by atoms with Gasteiger partial charge in [0.05, 0.1) is 18.9 Å². The molecule has 1 aromatic rings. The smallest absolute Gasteiger partial charge is 0.336 e. The van der Waals surface area contributed by atoms with E-state index in [0.29, 0.717) is 6.42 Å². The summed E-state index contributed by atoms with van der Waals surface area (Å²) < 4.78 is 4.71. The van der Waals surface area contributed by atoms with Crippen LogP contribution in [0.25, 0.3) is 0 Å². The Kier molecular flexibility index (Phi) is 2.47. The summed E-state index contributed by atoms with van der Waals surface area (Å²) in [5, 5.41) is 17.2. The van der Waals surface area contributed by atoms with Crippen molar-refractivity contribution in [3.8, 4) is 6.01 Å². The van der Waals surface area contributed by atoms with E-state index in [2.05, 4.69) is 20.5 Å². The second-order valence-corrected chi connectivity index (χ2v) is 3.45. The number of methoxy groups -OCH3 is 1. The molecule has 1 aliphatic rings. The van der Waals surface area contributed by atoms with Crippen LogP contribution in [0.15, 0.2) is 0 Å². The number of carbonyl (C=O) groups is 2. The molecule has 8 heteroatoms. The molecule has 2 rings (SSSR count). The zero-order chi connectivity index (χ0) is 11.7. The van der Waals surface area contributed by atoms with Crippen LogP contribution in [0.2, 0.25) is 0 Å². The van der Waals surface area contributed by atoms with Gasteiger partial charge in [-0.05, 0) is 6.42 Å². The molecule has 1 aliphatic carbocycles. The lowest BCUT2D eigenvalue weighted by Crippen LogP contribution is -2.17. The van der Waals surface area contributed by atoms with Gasteiger partial charge in [-0.1, -0.05) is 0 Å². The van der Waals surface area contributed by atoms with Crippen LogP contribution in [-0.4, -0.2) is 39.3 Å². The van der Waals surface area contributed by atoms with Crippen LogP contribution >= 0.6 is 0 Å². The van der Waals surface area contributed by atoms with Crippen LogP contribution in [0.1, 0.15) is 6.42 Å². The van der Waals surface area contributed by atoms with Crippen molar-refractivity contribution in [2.45, 2.75) is 6.42 Å². The molecule has 2 atom stereocenters. The van der Waals surface area contributed by atoms with Gasteiger partial charge in [0.15, 0.2) is 0 Å². The first-order chi connectivity index (χ1) is 7.61. The topological polar surface area (TPSA) is 117 Å². The van der Waals surface area contributed by atoms with Gasteiger partial charge in [-0.15, -0.1) is 5.10 Å². The molecule has 86 valence electrons. The third-order valence-corrected chi connectivity index (χ3v) is 2.33. The van der Waals surface area contributed by atoms with E-state index < -0.39 is 17.8 Å². The highest BCUT2D eigenvalue weighted by Crippen LogP contribution is 2.39. The first-order valence-corrected chi connectivity index (χ1v) is 4.62. The van der Waals surface area contributed by atoms with Crippen LogP contribution in [0, 0.1) is 11.8 Å². The number of anilines is 1. The minimum absolute atomic E-state index is 0.112. The number of rotatable bonds is 4. The number of nitrogens with one attached hydrogen (secondary N) is 2. The fourth-order valence-electron chi connectivity index (χ4n) is 1.36. The Morgan fingerprint density at radius 1 is 1.56 bits per heavy atom. The lowest BCUT2D eigenvalue weighted by atomic mass is 10.3. The summed E-state index contributed by atoms with van der Waals surface area (Å²) in [7, 11) is 1.40. The summed E-state index contributed by atoms with van der Waals surface area (Å²) in [5.74, 6) is -2.22. The number of H-pyrrole nitrogens is 1. The molecule has 1 heterocycles. The third kappa shape index (κ3) is 1.95. The first-order valence-electron chi connectivity index (χ1n) is 4.62. The van der Waals surface area contributed by atoms with Crippen molar-refractivity contribution in [1.29, 1.82) is 0 Å². The first kappa shape index (κ1) is 10.4. The normalized spacial score (nSPS) is 22.6. The summed E-state index contributed by atoms with van der Waals surface area (Å²) in [6, 6.07) is 0.112.